The minimum Gasteiger partial charge on any atom is -0.457 e. The summed E-state index contributed by atoms with van der Waals surface area (Å²) in [6.07, 6.45) is 1.13. The zero-order valence-electron chi connectivity index (χ0n) is 11.7. The summed E-state index contributed by atoms with van der Waals surface area (Å²) in [7, 11) is -3.26. The van der Waals surface area contributed by atoms with Gasteiger partial charge in [-0.25, -0.2) is 12.8 Å². The summed E-state index contributed by atoms with van der Waals surface area (Å²) in [5.41, 5.74) is 6.03. The molecule has 0 bridgehead atoms. The molecule has 6 heteroatoms. The Morgan fingerprint density at radius 2 is 1.76 bits per heavy atom. The van der Waals surface area contributed by atoms with Crippen LogP contribution < -0.4 is 10.5 Å². The summed E-state index contributed by atoms with van der Waals surface area (Å²) in [4.78, 5) is 0.196. The minimum atomic E-state index is -3.26. The Kier molecular flexibility index (Phi) is 4.29. The number of halogens is 1. The first-order chi connectivity index (χ1) is 9.79. The van der Waals surface area contributed by atoms with Crippen molar-refractivity contribution in [1.29, 1.82) is 0 Å². The summed E-state index contributed by atoms with van der Waals surface area (Å²) >= 11 is 0. The Bertz CT molecular complexity index is 740. The van der Waals surface area contributed by atoms with Crippen molar-refractivity contribution in [3.8, 4) is 11.5 Å². The first kappa shape index (κ1) is 15.5. The molecular weight excluding hydrogens is 293 g/mol. The lowest BCUT2D eigenvalue weighted by Crippen LogP contribution is -2.09. The van der Waals surface area contributed by atoms with Crippen LogP contribution in [0, 0.1) is 5.82 Å². The van der Waals surface area contributed by atoms with E-state index >= 15 is 0 Å². The predicted octanol–water partition coefficient (Wildman–Crippen LogP) is 3.04. The van der Waals surface area contributed by atoms with Crippen LogP contribution in [0.5, 0.6) is 11.5 Å². The van der Waals surface area contributed by atoms with Gasteiger partial charge >= 0.3 is 0 Å². The van der Waals surface area contributed by atoms with Crippen molar-refractivity contribution in [1.82, 2.24) is 0 Å². The van der Waals surface area contributed by atoms with Gasteiger partial charge in [0.05, 0.1) is 4.90 Å². The van der Waals surface area contributed by atoms with E-state index in [9.17, 15) is 12.8 Å². The largest absolute Gasteiger partial charge is 0.457 e. The van der Waals surface area contributed by atoms with Gasteiger partial charge in [0.2, 0.25) is 0 Å². The lowest BCUT2D eigenvalue weighted by atomic mass is 10.1. The second-order valence-electron chi connectivity index (χ2n) is 4.79. The highest BCUT2D eigenvalue weighted by Gasteiger charge is 2.14. The van der Waals surface area contributed by atoms with Crippen LogP contribution in [0.15, 0.2) is 47.4 Å². The summed E-state index contributed by atoms with van der Waals surface area (Å²) in [5.74, 6) is 0.294. The summed E-state index contributed by atoms with van der Waals surface area (Å²) in [6, 6.07) is 9.87. The van der Waals surface area contributed by atoms with Gasteiger partial charge in [0, 0.05) is 17.9 Å². The molecule has 1 atom stereocenters. The Labute approximate surface area is 123 Å². The van der Waals surface area contributed by atoms with Crippen molar-refractivity contribution in [2.75, 3.05) is 6.26 Å². The van der Waals surface area contributed by atoms with E-state index in [2.05, 4.69) is 0 Å². The molecule has 0 heterocycles. The van der Waals surface area contributed by atoms with Gasteiger partial charge < -0.3 is 10.5 Å². The smallest absolute Gasteiger partial charge is 0.175 e. The second-order valence-corrected chi connectivity index (χ2v) is 6.80. The van der Waals surface area contributed by atoms with Gasteiger partial charge in [0.15, 0.2) is 9.84 Å². The van der Waals surface area contributed by atoms with Gasteiger partial charge in [-0.3, -0.25) is 0 Å². The highest BCUT2D eigenvalue weighted by molar-refractivity contribution is 7.90. The van der Waals surface area contributed by atoms with Crippen LogP contribution in [-0.2, 0) is 9.84 Å². The molecule has 112 valence electrons. The van der Waals surface area contributed by atoms with Crippen LogP contribution in [0.3, 0.4) is 0 Å². The fourth-order valence-corrected chi connectivity index (χ4v) is 2.56. The number of nitrogens with two attached hydrogens (primary N) is 1. The monoisotopic (exact) mass is 309 g/mol. The third-order valence-corrected chi connectivity index (χ3v) is 4.08. The average Bonchev–Trinajstić information content (AvgIpc) is 2.38. The minimum absolute atomic E-state index is 0.196. The predicted molar refractivity (Wildman–Crippen MR) is 78.6 cm³/mol. The average molecular weight is 309 g/mol. The van der Waals surface area contributed by atoms with Gasteiger partial charge in [-0.05, 0) is 43.3 Å². The number of rotatable bonds is 4. The SMILES string of the molecule is C[C@@H](N)c1c(F)cccc1Oc1ccc(S(C)(=O)=O)cc1. The molecule has 0 aliphatic carbocycles. The molecule has 21 heavy (non-hydrogen) atoms. The number of benzene rings is 2. The Balaban J connectivity index is 2.33. The van der Waals surface area contributed by atoms with Crippen molar-refractivity contribution in [2.24, 2.45) is 5.73 Å². The molecule has 0 aromatic heterocycles. The fourth-order valence-electron chi connectivity index (χ4n) is 1.93. The molecule has 2 aromatic rings. The summed E-state index contributed by atoms with van der Waals surface area (Å²) in [6.45, 7) is 1.66. The van der Waals surface area contributed by atoms with E-state index in [1.807, 2.05) is 0 Å². The Morgan fingerprint density at radius 3 is 2.29 bits per heavy atom. The van der Waals surface area contributed by atoms with E-state index in [1.54, 1.807) is 13.0 Å². The van der Waals surface area contributed by atoms with Crippen LogP contribution in [0.1, 0.15) is 18.5 Å². The van der Waals surface area contributed by atoms with Crippen LogP contribution in [-0.4, -0.2) is 14.7 Å². The molecule has 2 rings (SSSR count). The molecule has 0 spiro atoms. The number of hydrogen-bond donors (Lipinski definition) is 1. The molecule has 0 fully saturated rings. The van der Waals surface area contributed by atoms with Crippen LogP contribution >= 0.6 is 0 Å². The van der Waals surface area contributed by atoms with Crippen molar-refractivity contribution in [3.63, 3.8) is 0 Å². The third kappa shape index (κ3) is 3.59. The number of ether oxygens (including phenoxy) is 1. The van der Waals surface area contributed by atoms with Crippen LogP contribution in [0.2, 0.25) is 0 Å². The molecule has 0 amide bonds. The maximum Gasteiger partial charge on any atom is 0.175 e. The molecule has 0 saturated carbocycles. The van der Waals surface area contributed by atoms with Crippen molar-refractivity contribution >= 4 is 9.84 Å². The van der Waals surface area contributed by atoms with E-state index in [-0.39, 0.29) is 10.5 Å². The standard InChI is InChI=1S/C15H16FNO3S/c1-10(17)15-13(16)4-3-5-14(15)20-11-6-8-12(9-7-11)21(2,18)19/h3-10H,17H2,1-2H3/t10-/m1/s1. The maximum atomic E-state index is 13.8. The first-order valence-electron chi connectivity index (χ1n) is 6.31. The van der Waals surface area contributed by atoms with Gasteiger partial charge in [0.1, 0.15) is 17.3 Å². The number of sulfone groups is 1. The third-order valence-electron chi connectivity index (χ3n) is 2.95. The van der Waals surface area contributed by atoms with Crippen LogP contribution in [0.25, 0.3) is 0 Å². The van der Waals surface area contributed by atoms with Crippen molar-refractivity contribution < 1.29 is 17.5 Å². The highest BCUT2D eigenvalue weighted by Crippen LogP contribution is 2.31. The normalized spacial score (nSPS) is 13.0. The van der Waals surface area contributed by atoms with Gasteiger partial charge in [-0.2, -0.15) is 0 Å². The highest BCUT2D eigenvalue weighted by atomic mass is 32.2. The molecule has 0 aliphatic heterocycles. The first-order valence-corrected chi connectivity index (χ1v) is 8.20. The Morgan fingerprint density at radius 1 is 1.14 bits per heavy atom. The molecule has 0 saturated heterocycles. The second kappa shape index (κ2) is 5.83. The summed E-state index contributed by atoms with van der Waals surface area (Å²) in [5, 5.41) is 0. The summed E-state index contributed by atoms with van der Waals surface area (Å²) < 4.78 is 42.2. The van der Waals surface area contributed by atoms with Gasteiger partial charge in [0.25, 0.3) is 0 Å². The van der Waals surface area contributed by atoms with Crippen molar-refractivity contribution in [2.45, 2.75) is 17.9 Å². The lowest BCUT2D eigenvalue weighted by molar-refractivity contribution is 0.460. The molecule has 0 radical (unpaired) electrons. The molecule has 0 unspecified atom stereocenters. The van der Waals surface area contributed by atoms with Gasteiger partial charge in [-0.15, -0.1) is 0 Å². The molecule has 0 aliphatic rings. The maximum absolute atomic E-state index is 13.8. The Hall–Kier alpha value is -1.92. The van der Waals surface area contributed by atoms with E-state index in [1.165, 1.54) is 36.4 Å². The molecule has 2 aromatic carbocycles. The lowest BCUT2D eigenvalue weighted by Gasteiger charge is -2.14. The topological polar surface area (TPSA) is 69.4 Å². The van der Waals surface area contributed by atoms with E-state index < -0.39 is 21.7 Å². The molecule has 4 nitrogen and oxygen atoms in total. The van der Waals surface area contributed by atoms with Crippen molar-refractivity contribution in [3.05, 3.63) is 53.8 Å². The molecule has 2 N–H and O–H groups in total. The van der Waals surface area contributed by atoms with Gasteiger partial charge in [-0.1, -0.05) is 6.07 Å². The quantitative estimate of drug-likeness (QED) is 0.942. The van der Waals surface area contributed by atoms with E-state index in [4.69, 9.17) is 10.5 Å². The van der Waals surface area contributed by atoms with Crippen LogP contribution in [0.4, 0.5) is 4.39 Å². The fraction of sp³-hybridized carbons (Fsp3) is 0.200. The zero-order valence-corrected chi connectivity index (χ0v) is 12.5. The van der Waals surface area contributed by atoms with E-state index in [0.29, 0.717) is 11.5 Å². The number of hydrogen-bond acceptors (Lipinski definition) is 4. The van der Waals surface area contributed by atoms with E-state index in [0.717, 1.165) is 6.26 Å². The zero-order chi connectivity index (χ0) is 15.6. The molecular formula is C15H16FNO3S.